The van der Waals surface area contributed by atoms with E-state index in [9.17, 15) is 19.9 Å². The van der Waals surface area contributed by atoms with Crippen LogP contribution in [0.25, 0.3) is 0 Å². The molecule has 3 fully saturated rings. The summed E-state index contributed by atoms with van der Waals surface area (Å²) in [4.78, 5) is 30.5. The summed E-state index contributed by atoms with van der Waals surface area (Å²) in [5.41, 5.74) is 1.69. The molecular weight excluding hydrogens is 688 g/mol. The van der Waals surface area contributed by atoms with Crippen molar-refractivity contribution in [1.29, 1.82) is 0 Å². The van der Waals surface area contributed by atoms with Crippen LogP contribution in [0.1, 0.15) is 51.4 Å². The van der Waals surface area contributed by atoms with E-state index >= 15 is 4.39 Å². The number of ether oxygens (including phenoxy) is 3. The molecule has 2 atom stereocenters. The first-order valence-electron chi connectivity index (χ1n) is 16.2. The molecule has 0 saturated carbocycles. The molecule has 0 aliphatic carbocycles. The van der Waals surface area contributed by atoms with Gasteiger partial charge in [0, 0.05) is 18.0 Å². The number of amides is 1. The Kier molecular flexibility index (Phi) is 10.7. The second-order valence-corrected chi connectivity index (χ2v) is 13.3. The minimum Gasteiger partial charge on any atom is -0.619 e. The van der Waals surface area contributed by atoms with Crippen LogP contribution < -0.4 is 19.1 Å². The highest BCUT2D eigenvalue weighted by Gasteiger charge is 2.38. The number of piperidine rings is 3. The molecule has 50 heavy (non-hydrogen) atoms. The number of aromatic carboxylic acids is 1. The van der Waals surface area contributed by atoms with Crippen molar-refractivity contribution in [2.75, 3.05) is 38.8 Å². The smallest absolute Gasteiger partial charge is 0.415 e. The quantitative estimate of drug-likeness (QED) is 0.129. The van der Waals surface area contributed by atoms with Crippen LogP contribution in [0, 0.1) is 16.9 Å². The highest BCUT2D eigenvalue weighted by molar-refractivity contribution is 6.35. The molecule has 3 aliphatic rings. The van der Waals surface area contributed by atoms with Crippen molar-refractivity contribution in [2.45, 2.75) is 37.8 Å². The zero-order valence-electron chi connectivity index (χ0n) is 27.5. The van der Waals surface area contributed by atoms with Crippen LogP contribution in [0.3, 0.4) is 0 Å². The van der Waals surface area contributed by atoms with Crippen molar-refractivity contribution in [2.24, 2.45) is 5.92 Å². The predicted molar refractivity (Wildman–Crippen MR) is 186 cm³/mol. The second-order valence-electron chi connectivity index (χ2n) is 12.4. The molecule has 1 aromatic heterocycles. The molecule has 4 aromatic rings. The molecule has 3 aromatic carbocycles. The summed E-state index contributed by atoms with van der Waals surface area (Å²) in [6.45, 7) is 2.27. The van der Waals surface area contributed by atoms with Gasteiger partial charge in [0.2, 0.25) is 0 Å². The molecule has 4 heterocycles. The van der Waals surface area contributed by atoms with Gasteiger partial charge in [-0.3, -0.25) is 9.80 Å². The largest absolute Gasteiger partial charge is 0.619 e. The molecular formula is C37H36Cl2FN3O7. The first kappa shape index (κ1) is 35.3. The standard InChI is InChI=1S/C37H36Cl2FN3O7/c1-48-32-11-10-23(16-33(32)49-2)26(17-27-28(38)19-42(47)20-29(27)39)35-24(6-5-7-25(35)36(44)45)18-43(31-9-4-3-8-30(31)40)37(46)50-34-21-41-14-12-22(34)13-15-41/h3-11,16,19-20,22,26,34H,12-15,17-18,21H2,1-2H3,(H,44,45)/t26-,34-/m0/s1. The van der Waals surface area contributed by atoms with E-state index < -0.39 is 23.8 Å². The highest BCUT2D eigenvalue weighted by atomic mass is 35.5. The topological polar surface area (TPSA) is 115 Å². The fraction of sp³-hybridized carbons (Fsp3) is 0.324. The van der Waals surface area contributed by atoms with E-state index in [1.165, 1.54) is 55.8 Å². The van der Waals surface area contributed by atoms with E-state index in [1.54, 1.807) is 36.4 Å². The van der Waals surface area contributed by atoms with E-state index in [-0.39, 0.29) is 46.3 Å². The van der Waals surface area contributed by atoms with Gasteiger partial charge in [-0.25, -0.2) is 14.0 Å². The number of rotatable bonds is 11. The third-order valence-corrected chi connectivity index (χ3v) is 10.2. The number of nitrogens with zero attached hydrogens (tertiary/aromatic N) is 3. The van der Waals surface area contributed by atoms with Crippen LogP contribution in [-0.4, -0.2) is 62.0 Å². The summed E-state index contributed by atoms with van der Waals surface area (Å²) in [5, 5.41) is 22.8. The van der Waals surface area contributed by atoms with E-state index in [2.05, 4.69) is 4.90 Å². The predicted octanol–water partition coefficient (Wildman–Crippen LogP) is 7.09. The number of fused-ring (bicyclic) bond motifs is 3. The van der Waals surface area contributed by atoms with Gasteiger partial charge in [-0.05, 0) is 85.3 Å². The summed E-state index contributed by atoms with van der Waals surface area (Å²) >= 11 is 13.1. The van der Waals surface area contributed by atoms with Crippen molar-refractivity contribution in [1.82, 2.24) is 4.90 Å². The fourth-order valence-corrected chi connectivity index (χ4v) is 7.66. The van der Waals surface area contributed by atoms with E-state index in [0.717, 1.165) is 25.9 Å². The Labute approximate surface area is 299 Å². The normalized spacial score (nSPS) is 18.7. The van der Waals surface area contributed by atoms with Gasteiger partial charge in [0.1, 0.15) is 22.0 Å². The molecule has 3 saturated heterocycles. The summed E-state index contributed by atoms with van der Waals surface area (Å²) in [5.74, 6) is -1.58. The third-order valence-electron chi connectivity index (χ3n) is 9.59. The average Bonchev–Trinajstić information content (AvgIpc) is 3.11. The summed E-state index contributed by atoms with van der Waals surface area (Å²) in [6, 6.07) is 15.8. The number of anilines is 1. The summed E-state index contributed by atoms with van der Waals surface area (Å²) < 4.78 is 33.1. The molecule has 3 aliphatic heterocycles. The molecule has 0 radical (unpaired) electrons. The van der Waals surface area contributed by atoms with E-state index in [1.807, 2.05) is 0 Å². The van der Waals surface area contributed by atoms with Gasteiger partial charge in [0.05, 0.1) is 32.0 Å². The van der Waals surface area contributed by atoms with Crippen molar-refractivity contribution in [3.63, 3.8) is 0 Å². The average molecular weight is 725 g/mol. The van der Waals surface area contributed by atoms with Gasteiger partial charge in [-0.1, -0.05) is 53.5 Å². The maximum atomic E-state index is 15.5. The number of carboxylic acid groups (broad SMARTS) is 1. The molecule has 1 N–H and O–H groups in total. The SMILES string of the molecule is COc1ccc([C@H](Cc2c(Cl)c[n+]([O-])cc2Cl)c2c(CN(C(=O)O[C@H]3CN4CCC3CC4)c3ccccc3F)cccc2C(=O)O)cc1OC. The van der Waals surface area contributed by atoms with Gasteiger partial charge in [-0.2, -0.15) is 4.73 Å². The third kappa shape index (κ3) is 7.31. The maximum absolute atomic E-state index is 15.5. The van der Waals surface area contributed by atoms with Crippen molar-refractivity contribution >= 4 is 41.0 Å². The summed E-state index contributed by atoms with van der Waals surface area (Å²) in [6.07, 6.45) is 3.12. The lowest BCUT2D eigenvalue weighted by Crippen LogP contribution is -2.53. The minimum absolute atomic E-state index is 0.0118. The van der Waals surface area contributed by atoms with E-state index in [0.29, 0.717) is 45.0 Å². The number of hydrogen-bond acceptors (Lipinski definition) is 7. The van der Waals surface area contributed by atoms with Gasteiger partial charge >= 0.3 is 12.1 Å². The number of carbonyl (C=O) groups is 2. The zero-order chi connectivity index (χ0) is 35.5. The molecule has 1 amide bonds. The Hall–Kier alpha value is -4.58. The Morgan fingerprint density at radius 3 is 2.34 bits per heavy atom. The number of aromatic nitrogens is 1. The first-order valence-corrected chi connectivity index (χ1v) is 16.9. The van der Waals surface area contributed by atoms with Crippen molar-refractivity contribution < 1.29 is 38.0 Å². The number of benzene rings is 3. The van der Waals surface area contributed by atoms with E-state index in [4.69, 9.17) is 37.4 Å². The number of carboxylic acids is 1. The second kappa shape index (κ2) is 15.1. The van der Waals surface area contributed by atoms with Crippen LogP contribution in [0.4, 0.5) is 14.9 Å². The Morgan fingerprint density at radius 2 is 1.72 bits per heavy atom. The van der Waals surface area contributed by atoms with Crippen LogP contribution in [0.2, 0.25) is 10.0 Å². The molecule has 262 valence electrons. The van der Waals surface area contributed by atoms with Crippen LogP contribution in [0.5, 0.6) is 11.5 Å². The Morgan fingerprint density at radius 1 is 1.02 bits per heavy atom. The molecule has 2 bridgehead atoms. The van der Waals surface area contributed by atoms with Gasteiger partial charge in [0.25, 0.3) is 0 Å². The number of hydrogen-bond donors (Lipinski definition) is 1. The number of methoxy groups -OCH3 is 2. The lowest BCUT2D eigenvalue weighted by atomic mass is 9.80. The van der Waals surface area contributed by atoms with Crippen LogP contribution in [-0.2, 0) is 17.7 Å². The lowest BCUT2D eigenvalue weighted by molar-refractivity contribution is -0.605. The molecule has 0 unspecified atom stereocenters. The number of carbonyl (C=O) groups excluding carboxylic acids is 1. The monoisotopic (exact) mass is 723 g/mol. The number of pyridine rings is 1. The molecule has 13 heteroatoms. The number of para-hydroxylation sites is 1. The molecule has 0 spiro atoms. The number of halogens is 3. The van der Waals surface area contributed by atoms with Crippen LogP contribution >= 0.6 is 23.2 Å². The maximum Gasteiger partial charge on any atom is 0.415 e. The van der Waals surface area contributed by atoms with Crippen molar-refractivity contribution in [3.05, 3.63) is 122 Å². The first-order chi connectivity index (χ1) is 24.1. The minimum atomic E-state index is -1.22. The van der Waals surface area contributed by atoms with Gasteiger partial charge in [-0.15, -0.1) is 0 Å². The molecule has 10 nitrogen and oxygen atoms in total. The van der Waals surface area contributed by atoms with Gasteiger partial charge < -0.3 is 24.5 Å². The zero-order valence-corrected chi connectivity index (χ0v) is 29.0. The Balaban J connectivity index is 1.49. The molecule has 7 rings (SSSR count). The van der Waals surface area contributed by atoms with Gasteiger partial charge in [0.15, 0.2) is 23.9 Å². The Bertz CT molecular complexity index is 1880. The fourth-order valence-electron chi connectivity index (χ4n) is 7.06. The van der Waals surface area contributed by atoms with Crippen molar-refractivity contribution in [3.8, 4) is 11.5 Å². The lowest BCUT2D eigenvalue weighted by Gasteiger charge is -2.44. The highest BCUT2D eigenvalue weighted by Crippen LogP contribution is 2.41. The summed E-state index contributed by atoms with van der Waals surface area (Å²) in [7, 11) is 2.99. The van der Waals surface area contributed by atoms with Crippen LogP contribution in [0.15, 0.2) is 73.1 Å².